The van der Waals surface area contributed by atoms with E-state index >= 15 is 4.39 Å². The summed E-state index contributed by atoms with van der Waals surface area (Å²) in [6.45, 7) is 4.35. The molecule has 3 aliphatic rings. The molecule has 2 aromatic heterocycles. The van der Waals surface area contributed by atoms with Crippen LogP contribution < -0.4 is 4.90 Å². The fourth-order valence-electron chi connectivity index (χ4n) is 6.76. The Morgan fingerprint density at radius 1 is 1.18 bits per heavy atom. The molecule has 1 saturated carbocycles. The SMILES string of the molecule is CN(c1ccc(-c2ccc(-n3ccnc3)cc2O)nn1)[C@@H]1C[C@@]2(C)CCC3[C@]1(F)[C@@]3(C)N2C. The Morgan fingerprint density at radius 3 is 2.67 bits per heavy atom. The van der Waals surface area contributed by atoms with E-state index in [-0.39, 0.29) is 23.2 Å². The summed E-state index contributed by atoms with van der Waals surface area (Å²) in [5, 5.41) is 19.4. The Kier molecular flexibility index (Phi) is 4.08. The molecule has 8 heteroatoms. The van der Waals surface area contributed by atoms with E-state index < -0.39 is 11.2 Å². The van der Waals surface area contributed by atoms with E-state index in [4.69, 9.17) is 0 Å². The van der Waals surface area contributed by atoms with Crippen molar-refractivity contribution in [1.29, 1.82) is 0 Å². The number of fused-ring (bicyclic) bond motifs is 2. The second kappa shape index (κ2) is 6.53. The number of hydrogen-bond donors (Lipinski definition) is 1. The summed E-state index contributed by atoms with van der Waals surface area (Å²) in [5.74, 6) is 0.834. The van der Waals surface area contributed by atoms with E-state index in [1.165, 1.54) is 0 Å². The minimum atomic E-state index is -1.24. The highest BCUT2D eigenvalue weighted by Crippen LogP contribution is 2.73. The van der Waals surface area contributed by atoms with Crippen LogP contribution in [0.1, 0.15) is 33.1 Å². The Morgan fingerprint density at radius 2 is 2.00 bits per heavy atom. The van der Waals surface area contributed by atoms with E-state index in [1.807, 2.05) is 47.0 Å². The maximum atomic E-state index is 16.4. The van der Waals surface area contributed by atoms with Gasteiger partial charge in [0.1, 0.15) is 5.75 Å². The highest BCUT2D eigenvalue weighted by Gasteiger charge is 2.86. The normalized spacial score (nSPS) is 34.8. The molecule has 4 heterocycles. The van der Waals surface area contributed by atoms with Gasteiger partial charge in [-0.2, -0.15) is 0 Å². The number of aromatic hydroxyl groups is 1. The van der Waals surface area contributed by atoms with E-state index in [9.17, 15) is 5.11 Å². The standard InChI is InChI=1S/C25H29FN6O/c1-23-10-9-20-24(2,31(23)4)25(20,26)21(14-23)30(3)22-8-7-18(28-29-22)17-6-5-16(13-19(17)33)32-12-11-27-15-32/h5-8,11-13,15,20-21,33H,9-10,14H2,1-4H3/t20?,21-,23-,24+,25-/m1/s1. The van der Waals surface area contributed by atoms with Gasteiger partial charge in [0.05, 0.1) is 29.3 Å². The number of halogens is 1. The van der Waals surface area contributed by atoms with Crippen LogP contribution in [-0.4, -0.2) is 66.6 Å². The minimum Gasteiger partial charge on any atom is -0.507 e. The Labute approximate surface area is 192 Å². The monoisotopic (exact) mass is 448 g/mol. The van der Waals surface area contributed by atoms with Crippen molar-refractivity contribution in [1.82, 2.24) is 24.6 Å². The first-order valence-electron chi connectivity index (χ1n) is 11.5. The van der Waals surface area contributed by atoms with E-state index in [0.29, 0.717) is 17.1 Å². The lowest BCUT2D eigenvalue weighted by Gasteiger charge is -2.53. The van der Waals surface area contributed by atoms with Crippen molar-refractivity contribution >= 4 is 5.82 Å². The zero-order chi connectivity index (χ0) is 23.2. The number of alkyl halides is 1. The number of hydrogen-bond acceptors (Lipinski definition) is 6. The number of phenolic OH excluding ortho intramolecular Hbond substituents is 1. The molecular formula is C25H29FN6O. The lowest BCUT2D eigenvalue weighted by molar-refractivity contribution is -0.0305. The molecule has 1 N–H and O–H groups in total. The molecule has 7 nitrogen and oxygen atoms in total. The highest BCUT2D eigenvalue weighted by molar-refractivity contribution is 5.69. The molecule has 0 amide bonds. The van der Waals surface area contributed by atoms with Crippen LogP contribution in [0.3, 0.4) is 0 Å². The van der Waals surface area contributed by atoms with Crippen LogP contribution in [0.2, 0.25) is 0 Å². The number of piperidine rings is 2. The number of nitrogens with zero attached hydrogens (tertiary/aromatic N) is 6. The number of aromatic nitrogens is 4. The van der Waals surface area contributed by atoms with Gasteiger partial charge in [0.2, 0.25) is 0 Å². The fourth-order valence-corrected chi connectivity index (χ4v) is 6.76. The number of anilines is 1. The van der Waals surface area contributed by atoms with Crippen LogP contribution in [0.5, 0.6) is 5.75 Å². The smallest absolute Gasteiger partial charge is 0.154 e. The predicted octanol–water partition coefficient (Wildman–Crippen LogP) is 3.82. The molecule has 33 heavy (non-hydrogen) atoms. The van der Waals surface area contributed by atoms with Crippen molar-refractivity contribution in [3.05, 3.63) is 49.1 Å². The van der Waals surface area contributed by atoms with Crippen LogP contribution in [-0.2, 0) is 0 Å². The number of imidazole rings is 1. The first kappa shape index (κ1) is 20.6. The van der Waals surface area contributed by atoms with Crippen LogP contribution in [0, 0.1) is 5.92 Å². The first-order chi connectivity index (χ1) is 15.7. The molecule has 172 valence electrons. The second-order valence-corrected chi connectivity index (χ2v) is 10.3. The Balaban J connectivity index is 1.27. The molecule has 2 aliphatic heterocycles. The summed E-state index contributed by atoms with van der Waals surface area (Å²) in [5.41, 5.74) is 0.323. The lowest BCUT2D eigenvalue weighted by Crippen LogP contribution is -2.64. The number of rotatable bonds is 4. The van der Waals surface area contributed by atoms with Crippen LogP contribution in [0.4, 0.5) is 10.2 Å². The Bertz CT molecular complexity index is 1220. The third-order valence-corrected chi connectivity index (χ3v) is 9.01. The third kappa shape index (κ3) is 2.55. The first-order valence-corrected chi connectivity index (χ1v) is 11.5. The molecule has 0 radical (unpaired) electrons. The van der Waals surface area contributed by atoms with E-state index in [2.05, 4.69) is 41.0 Å². The molecule has 1 aliphatic carbocycles. The van der Waals surface area contributed by atoms with Gasteiger partial charge in [-0.15, -0.1) is 10.2 Å². The molecule has 1 aromatic carbocycles. The van der Waals surface area contributed by atoms with Crippen LogP contribution in [0.15, 0.2) is 49.1 Å². The largest absolute Gasteiger partial charge is 0.507 e. The number of benzene rings is 1. The van der Waals surface area contributed by atoms with E-state index in [0.717, 1.165) is 24.9 Å². The summed E-state index contributed by atoms with van der Waals surface area (Å²) in [6.07, 6.45) is 7.92. The van der Waals surface area contributed by atoms with Crippen LogP contribution in [0.25, 0.3) is 16.9 Å². The fraction of sp³-hybridized carbons (Fsp3) is 0.480. The van der Waals surface area contributed by atoms with Crippen LogP contribution >= 0.6 is 0 Å². The van der Waals surface area contributed by atoms with Crippen molar-refractivity contribution in [2.45, 2.75) is 55.9 Å². The molecule has 1 unspecified atom stereocenters. The van der Waals surface area contributed by atoms with Crippen molar-refractivity contribution in [2.24, 2.45) is 5.92 Å². The molecule has 2 saturated heterocycles. The van der Waals surface area contributed by atoms with Gasteiger partial charge < -0.3 is 14.6 Å². The third-order valence-electron chi connectivity index (χ3n) is 9.01. The van der Waals surface area contributed by atoms with E-state index in [1.54, 1.807) is 18.6 Å². The van der Waals surface area contributed by atoms with Gasteiger partial charge in [0.15, 0.2) is 11.5 Å². The van der Waals surface area contributed by atoms with Crippen molar-refractivity contribution in [3.63, 3.8) is 0 Å². The minimum absolute atomic E-state index is 0.00753. The molecular weight excluding hydrogens is 419 g/mol. The summed E-state index contributed by atoms with van der Waals surface area (Å²) in [6, 6.07) is 8.87. The molecule has 2 bridgehead atoms. The molecule has 6 rings (SSSR count). The summed E-state index contributed by atoms with van der Waals surface area (Å²) < 4.78 is 18.2. The van der Waals surface area contributed by atoms with Gasteiger partial charge in [0.25, 0.3) is 0 Å². The lowest BCUT2D eigenvalue weighted by atomic mass is 9.78. The zero-order valence-electron chi connectivity index (χ0n) is 19.4. The van der Waals surface area contributed by atoms with Gasteiger partial charge in [0, 0.05) is 42.5 Å². The van der Waals surface area contributed by atoms with Gasteiger partial charge in [-0.25, -0.2) is 9.37 Å². The predicted molar refractivity (Wildman–Crippen MR) is 124 cm³/mol. The molecule has 5 atom stereocenters. The topological polar surface area (TPSA) is 70.3 Å². The second-order valence-electron chi connectivity index (χ2n) is 10.3. The molecule has 3 fully saturated rings. The summed E-state index contributed by atoms with van der Waals surface area (Å²) in [7, 11) is 4.02. The number of phenols is 1. The maximum Gasteiger partial charge on any atom is 0.154 e. The quantitative estimate of drug-likeness (QED) is 0.654. The Hall–Kier alpha value is -3.00. The van der Waals surface area contributed by atoms with Gasteiger partial charge in [-0.05, 0) is 64.4 Å². The van der Waals surface area contributed by atoms with Gasteiger partial charge in [-0.3, -0.25) is 4.90 Å². The maximum absolute atomic E-state index is 16.4. The highest BCUT2D eigenvalue weighted by atomic mass is 19.1. The molecule has 3 aromatic rings. The van der Waals surface area contributed by atoms with Crippen molar-refractivity contribution in [2.75, 3.05) is 19.0 Å². The molecule has 0 spiro atoms. The summed E-state index contributed by atoms with van der Waals surface area (Å²) in [4.78, 5) is 8.31. The van der Waals surface area contributed by atoms with Crippen molar-refractivity contribution in [3.8, 4) is 22.7 Å². The average Bonchev–Trinajstić information content (AvgIpc) is 3.13. The zero-order valence-corrected chi connectivity index (χ0v) is 19.4. The summed E-state index contributed by atoms with van der Waals surface area (Å²) >= 11 is 0. The average molecular weight is 449 g/mol. The van der Waals surface area contributed by atoms with Crippen molar-refractivity contribution < 1.29 is 9.50 Å². The van der Waals surface area contributed by atoms with Gasteiger partial charge >= 0.3 is 0 Å². The van der Waals surface area contributed by atoms with Gasteiger partial charge in [-0.1, -0.05) is 0 Å².